The Bertz CT molecular complexity index is 333. The minimum absolute atomic E-state index is 0.636. The van der Waals surface area contributed by atoms with E-state index in [4.69, 9.17) is 0 Å². The highest BCUT2D eigenvalue weighted by Crippen LogP contribution is 2.32. The number of piperidine rings is 1. The quantitative estimate of drug-likeness (QED) is 0.773. The van der Waals surface area contributed by atoms with E-state index in [0.717, 1.165) is 0 Å². The molecule has 0 N–H and O–H groups in total. The molecule has 2 rings (SSSR count). The molecule has 0 amide bonds. The second-order valence-electron chi connectivity index (χ2n) is 4.78. The number of aryl methyl sites for hydroxylation is 1. The first-order chi connectivity index (χ1) is 7.83. The van der Waals surface area contributed by atoms with Crippen LogP contribution in [0.25, 0.3) is 0 Å². The molecule has 1 fully saturated rings. The van der Waals surface area contributed by atoms with Crippen LogP contribution < -0.4 is 0 Å². The lowest BCUT2D eigenvalue weighted by atomic mass is 9.93. The minimum Gasteiger partial charge on any atom is -0.296 e. The van der Waals surface area contributed by atoms with Gasteiger partial charge in [0.1, 0.15) is 0 Å². The summed E-state index contributed by atoms with van der Waals surface area (Å²) < 4.78 is 0. The molecule has 1 atom stereocenters. The topological polar surface area (TPSA) is 16.1 Å². The number of rotatable bonds is 3. The molecular weight excluding hydrogens is 196 g/mol. The number of likely N-dealkylation sites (tertiary alicyclic amines) is 1. The summed E-state index contributed by atoms with van der Waals surface area (Å²) in [5.74, 6) is 0. The summed E-state index contributed by atoms with van der Waals surface area (Å²) in [6.07, 6.45) is 9.22. The number of aromatic nitrogens is 1. The zero-order valence-corrected chi connectivity index (χ0v) is 10.4. The second-order valence-corrected chi connectivity index (χ2v) is 4.78. The van der Waals surface area contributed by atoms with Crippen molar-refractivity contribution < 1.29 is 0 Å². The van der Waals surface area contributed by atoms with E-state index in [9.17, 15) is 0 Å². The first-order valence-electron chi connectivity index (χ1n) is 6.47. The summed E-state index contributed by atoms with van der Waals surface area (Å²) in [4.78, 5) is 6.84. The summed E-state index contributed by atoms with van der Waals surface area (Å²) in [7, 11) is 0. The van der Waals surface area contributed by atoms with Gasteiger partial charge in [0.25, 0.3) is 0 Å². The van der Waals surface area contributed by atoms with Crippen LogP contribution in [0.2, 0.25) is 0 Å². The largest absolute Gasteiger partial charge is 0.296 e. The molecule has 0 unspecified atom stereocenters. The van der Waals surface area contributed by atoms with Crippen LogP contribution in [0.15, 0.2) is 18.5 Å². The van der Waals surface area contributed by atoms with E-state index in [2.05, 4.69) is 29.8 Å². The van der Waals surface area contributed by atoms with Gasteiger partial charge in [-0.3, -0.25) is 9.88 Å². The average molecular weight is 218 g/mol. The fourth-order valence-electron chi connectivity index (χ4n) is 2.76. The van der Waals surface area contributed by atoms with Crippen molar-refractivity contribution in [3.8, 4) is 0 Å². The molecule has 2 heteroatoms. The van der Waals surface area contributed by atoms with Gasteiger partial charge in [-0.1, -0.05) is 13.3 Å². The molecule has 1 aromatic heterocycles. The highest BCUT2D eigenvalue weighted by atomic mass is 15.2. The van der Waals surface area contributed by atoms with Crippen molar-refractivity contribution in [2.75, 3.05) is 13.1 Å². The van der Waals surface area contributed by atoms with Crippen molar-refractivity contribution in [2.45, 2.75) is 45.6 Å². The smallest absolute Gasteiger partial charge is 0.0351 e. The Morgan fingerprint density at radius 1 is 1.44 bits per heavy atom. The molecule has 0 spiro atoms. The number of nitrogens with zero attached hydrogens (tertiary/aromatic N) is 2. The molecule has 1 aromatic rings. The van der Waals surface area contributed by atoms with Crippen molar-refractivity contribution in [2.24, 2.45) is 0 Å². The first kappa shape index (κ1) is 11.6. The first-order valence-corrected chi connectivity index (χ1v) is 6.47. The molecular formula is C14H22N2. The molecule has 1 aliphatic rings. The normalized spacial score (nSPS) is 22.2. The second kappa shape index (κ2) is 5.44. The molecule has 0 saturated carbocycles. The molecule has 0 aromatic carbocycles. The lowest BCUT2D eigenvalue weighted by molar-refractivity contribution is 0.148. The van der Waals surface area contributed by atoms with Gasteiger partial charge in [-0.25, -0.2) is 0 Å². The third kappa shape index (κ3) is 2.43. The summed E-state index contributed by atoms with van der Waals surface area (Å²) >= 11 is 0. The Kier molecular flexibility index (Phi) is 3.94. The molecule has 0 bridgehead atoms. The average Bonchev–Trinajstić information content (AvgIpc) is 2.31. The monoisotopic (exact) mass is 218 g/mol. The van der Waals surface area contributed by atoms with Crippen molar-refractivity contribution in [3.05, 3.63) is 29.6 Å². The van der Waals surface area contributed by atoms with E-state index in [1.54, 1.807) is 0 Å². The fourth-order valence-corrected chi connectivity index (χ4v) is 2.76. The summed E-state index contributed by atoms with van der Waals surface area (Å²) in [5, 5.41) is 0. The van der Waals surface area contributed by atoms with Crippen molar-refractivity contribution in [1.82, 2.24) is 9.88 Å². The summed E-state index contributed by atoms with van der Waals surface area (Å²) in [5.41, 5.74) is 2.83. The molecule has 1 aliphatic heterocycles. The van der Waals surface area contributed by atoms with Crippen LogP contribution in [0.5, 0.6) is 0 Å². The highest BCUT2D eigenvalue weighted by molar-refractivity contribution is 5.25. The maximum Gasteiger partial charge on any atom is 0.0351 e. The summed E-state index contributed by atoms with van der Waals surface area (Å²) in [6, 6.07) is 2.84. The highest BCUT2D eigenvalue weighted by Gasteiger charge is 2.23. The number of hydrogen-bond acceptors (Lipinski definition) is 2. The molecule has 0 aliphatic carbocycles. The molecule has 0 radical (unpaired) electrons. The Balaban J connectivity index is 2.19. The van der Waals surface area contributed by atoms with Gasteiger partial charge in [0.05, 0.1) is 0 Å². The van der Waals surface area contributed by atoms with Crippen LogP contribution in [0.4, 0.5) is 0 Å². The predicted octanol–water partition coefficient (Wildman–Crippen LogP) is 3.33. The van der Waals surface area contributed by atoms with Crippen LogP contribution in [-0.2, 0) is 0 Å². The molecule has 1 saturated heterocycles. The van der Waals surface area contributed by atoms with E-state index in [1.165, 1.54) is 49.9 Å². The van der Waals surface area contributed by atoms with Gasteiger partial charge < -0.3 is 0 Å². The van der Waals surface area contributed by atoms with Crippen LogP contribution >= 0.6 is 0 Å². The molecule has 2 heterocycles. The molecule has 88 valence electrons. The number of hydrogen-bond donors (Lipinski definition) is 0. The predicted molar refractivity (Wildman–Crippen MR) is 67.4 cm³/mol. The molecule has 2 nitrogen and oxygen atoms in total. The van der Waals surface area contributed by atoms with Crippen molar-refractivity contribution in [1.29, 1.82) is 0 Å². The van der Waals surface area contributed by atoms with Crippen molar-refractivity contribution >= 4 is 0 Å². The third-order valence-corrected chi connectivity index (χ3v) is 3.55. The SMILES string of the molecule is CCCN1CCCC[C@@H]1c1ccncc1C. The zero-order chi connectivity index (χ0) is 11.4. The van der Waals surface area contributed by atoms with E-state index < -0.39 is 0 Å². The lowest BCUT2D eigenvalue weighted by Gasteiger charge is -2.36. The Morgan fingerprint density at radius 2 is 2.31 bits per heavy atom. The summed E-state index contributed by atoms with van der Waals surface area (Å²) in [6.45, 7) is 6.94. The van der Waals surface area contributed by atoms with E-state index in [1.807, 2.05) is 12.4 Å². The lowest BCUT2D eigenvalue weighted by Crippen LogP contribution is -2.34. The maximum absolute atomic E-state index is 4.19. The van der Waals surface area contributed by atoms with Crippen LogP contribution in [0.1, 0.15) is 49.8 Å². The van der Waals surface area contributed by atoms with Gasteiger partial charge in [0, 0.05) is 18.4 Å². The van der Waals surface area contributed by atoms with Gasteiger partial charge in [0.15, 0.2) is 0 Å². The Labute approximate surface area is 98.7 Å². The van der Waals surface area contributed by atoms with Gasteiger partial charge in [-0.2, -0.15) is 0 Å². The van der Waals surface area contributed by atoms with E-state index in [0.29, 0.717) is 6.04 Å². The Hall–Kier alpha value is -0.890. The van der Waals surface area contributed by atoms with Gasteiger partial charge in [0.2, 0.25) is 0 Å². The zero-order valence-electron chi connectivity index (χ0n) is 10.4. The van der Waals surface area contributed by atoms with Gasteiger partial charge in [-0.15, -0.1) is 0 Å². The van der Waals surface area contributed by atoms with Crippen molar-refractivity contribution in [3.63, 3.8) is 0 Å². The third-order valence-electron chi connectivity index (χ3n) is 3.55. The van der Waals surface area contributed by atoms with Crippen LogP contribution in [0.3, 0.4) is 0 Å². The van der Waals surface area contributed by atoms with Gasteiger partial charge >= 0.3 is 0 Å². The number of pyridine rings is 1. The molecule has 16 heavy (non-hydrogen) atoms. The standard InChI is InChI=1S/C14H22N2/c1-3-9-16-10-5-4-6-14(16)13-7-8-15-11-12(13)2/h7-8,11,14H,3-6,9-10H2,1-2H3/t14-/m1/s1. The Morgan fingerprint density at radius 3 is 3.06 bits per heavy atom. The van der Waals surface area contributed by atoms with E-state index in [-0.39, 0.29) is 0 Å². The van der Waals surface area contributed by atoms with Crippen LogP contribution in [-0.4, -0.2) is 23.0 Å². The van der Waals surface area contributed by atoms with Gasteiger partial charge in [-0.05, 0) is 56.5 Å². The van der Waals surface area contributed by atoms with Crippen LogP contribution in [0, 0.1) is 6.92 Å². The minimum atomic E-state index is 0.636. The van der Waals surface area contributed by atoms with E-state index >= 15 is 0 Å². The fraction of sp³-hybridized carbons (Fsp3) is 0.643. The maximum atomic E-state index is 4.19.